The first-order valence-electron chi connectivity index (χ1n) is 4.82. The highest BCUT2D eigenvalue weighted by atomic mass is 35.5. The number of pyridine rings is 1. The second-order valence-corrected chi connectivity index (χ2v) is 3.84. The largest absolute Gasteiger partial charge is 0.437 e. The van der Waals surface area contributed by atoms with E-state index < -0.39 is 0 Å². The third kappa shape index (κ3) is 2.44. The van der Waals surface area contributed by atoms with Crippen LogP contribution in [-0.2, 0) is 0 Å². The van der Waals surface area contributed by atoms with Gasteiger partial charge in [0.15, 0.2) is 0 Å². The number of ether oxygens (including phenoxy) is 1. The van der Waals surface area contributed by atoms with Gasteiger partial charge in [-0.25, -0.2) is 0 Å². The maximum absolute atomic E-state index is 6.00. The zero-order valence-electron chi connectivity index (χ0n) is 8.77. The second kappa shape index (κ2) is 4.41. The second-order valence-electron chi connectivity index (χ2n) is 3.44. The molecular weight excluding hydrogens is 224 g/mol. The highest BCUT2D eigenvalue weighted by Gasteiger charge is 2.04. The molecule has 1 aromatic heterocycles. The summed E-state index contributed by atoms with van der Waals surface area (Å²) < 4.78 is 5.55. The lowest BCUT2D eigenvalue weighted by Crippen LogP contribution is -1.93. The summed E-state index contributed by atoms with van der Waals surface area (Å²) in [5, 5.41) is 0.551. The van der Waals surface area contributed by atoms with Crippen molar-refractivity contribution >= 4 is 17.4 Å². The molecule has 0 saturated carbocycles. The van der Waals surface area contributed by atoms with E-state index in [1.807, 2.05) is 19.1 Å². The molecule has 1 aromatic carbocycles. The van der Waals surface area contributed by atoms with E-state index in [2.05, 4.69) is 4.98 Å². The van der Waals surface area contributed by atoms with Crippen molar-refractivity contribution in [3.8, 4) is 11.6 Å². The van der Waals surface area contributed by atoms with E-state index >= 15 is 0 Å². The lowest BCUT2D eigenvalue weighted by molar-refractivity contribution is 0.464. The van der Waals surface area contributed by atoms with Gasteiger partial charge < -0.3 is 10.5 Å². The smallest absolute Gasteiger partial charge is 0.221 e. The fourth-order valence-electron chi connectivity index (χ4n) is 1.29. The van der Waals surface area contributed by atoms with Gasteiger partial charge in [-0.3, -0.25) is 0 Å². The number of hydrogen-bond donors (Lipinski definition) is 1. The van der Waals surface area contributed by atoms with Crippen LogP contribution in [0.25, 0.3) is 0 Å². The molecule has 2 rings (SSSR count). The van der Waals surface area contributed by atoms with Crippen LogP contribution in [0.2, 0.25) is 5.02 Å². The van der Waals surface area contributed by atoms with Gasteiger partial charge in [0.2, 0.25) is 5.88 Å². The van der Waals surface area contributed by atoms with Gasteiger partial charge >= 0.3 is 0 Å². The molecule has 0 fully saturated rings. The Balaban J connectivity index is 2.30. The Morgan fingerprint density at radius 2 is 2.06 bits per heavy atom. The van der Waals surface area contributed by atoms with Crippen LogP contribution < -0.4 is 10.5 Å². The Bertz CT molecular complexity index is 514. The molecule has 0 unspecified atom stereocenters. The number of halogens is 1. The van der Waals surface area contributed by atoms with Crippen molar-refractivity contribution in [2.75, 3.05) is 5.73 Å². The molecule has 2 aromatic rings. The molecule has 16 heavy (non-hydrogen) atoms. The summed E-state index contributed by atoms with van der Waals surface area (Å²) in [6, 6.07) is 10.8. The van der Waals surface area contributed by atoms with Gasteiger partial charge in [0, 0.05) is 6.07 Å². The van der Waals surface area contributed by atoms with Crippen molar-refractivity contribution < 1.29 is 4.74 Å². The zero-order chi connectivity index (χ0) is 11.5. The summed E-state index contributed by atoms with van der Waals surface area (Å²) in [5.41, 5.74) is 6.63. The van der Waals surface area contributed by atoms with Crippen molar-refractivity contribution in [2.45, 2.75) is 6.92 Å². The van der Waals surface area contributed by atoms with Crippen LogP contribution in [0.1, 0.15) is 5.56 Å². The maximum Gasteiger partial charge on any atom is 0.221 e. The number of benzene rings is 1. The number of nitrogens with two attached hydrogens (primary N) is 1. The summed E-state index contributed by atoms with van der Waals surface area (Å²) in [5.74, 6) is 1.44. The quantitative estimate of drug-likeness (QED) is 0.866. The fourth-order valence-corrected chi connectivity index (χ4v) is 1.45. The molecule has 0 aliphatic rings. The molecule has 0 radical (unpaired) electrons. The van der Waals surface area contributed by atoms with Gasteiger partial charge in [0.05, 0.1) is 5.02 Å². The van der Waals surface area contributed by atoms with E-state index in [4.69, 9.17) is 22.1 Å². The minimum absolute atomic E-state index is 0.418. The maximum atomic E-state index is 6.00. The number of aryl methyl sites for hydroxylation is 1. The van der Waals surface area contributed by atoms with Crippen LogP contribution >= 0.6 is 11.6 Å². The van der Waals surface area contributed by atoms with Gasteiger partial charge in [0.1, 0.15) is 11.6 Å². The van der Waals surface area contributed by atoms with Crippen molar-refractivity contribution in [3.05, 3.63) is 47.0 Å². The van der Waals surface area contributed by atoms with E-state index in [1.54, 1.807) is 24.3 Å². The molecule has 0 aliphatic carbocycles. The number of rotatable bonds is 2. The summed E-state index contributed by atoms with van der Waals surface area (Å²) >= 11 is 6.00. The Labute approximate surface area is 98.8 Å². The topological polar surface area (TPSA) is 48.1 Å². The molecule has 0 atom stereocenters. The number of nitrogen functional groups attached to an aromatic ring is 1. The van der Waals surface area contributed by atoms with Crippen molar-refractivity contribution in [2.24, 2.45) is 0 Å². The van der Waals surface area contributed by atoms with Crippen molar-refractivity contribution in [1.29, 1.82) is 0 Å². The molecule has 4 heteroatoms. The summed E-state index contributed by atoms with van der Waals surface area (Å²) in [4.78, 5) is 4.04. The molecule has 1 heterocycles. The number of anilines is 1. The number of hydrogen-bond acceptors (Lipinski definition) is 3. The van der Waals surface area contributed by atoms with Crippen LogP contribution in [0.5, 0.6) is 11.6 Å². The Hall–Kier alpha value is -1.74. The summed E-state index contributed by atoms with van der Waals surface area (Å²) in [6.45, 7) is 1.97. The molecule has 0 saturated heterocycles. The standard InChI is InChI=1S/C12H11ClN2O/c1-8-5-6-9(13)10(7-8)16-12-4-2-3-11(14)15-12/h2-7H,1H3,(H2,14,15). The normalized spacial score (nSPS) is 10.1. The SMILES string of the molecule is Cc1ccc(Cl)c(Oc2cccc(N)n2)c1. The van der Waals surface area contributed by atoms with Gasteiger partial charge in [-0.05, 0) is 30.7 Å². The van der Waals surface area contributed by atoms with Crippen LogP contribution in [0.4, 0.5) is 5.82 Å². The van der Waals surface area contributed by atoms with Crippen LogP contribution in [-0.4, -0.2) is 4.98 Å². The predicted molar refractivity (Wildman–Crippen MR) is 64.9 cm³/mol. The van der Waals surface area contributed by atoms with Gasteiger partial charge in [-0.1, -0.05) is 23.7 Å². The third-order valence-corrected chi connectivity index (χ3v) is 2.36. The first kappa shape index (κ1) is 10.8. The number of aromatic nitrogens is 1. The molecule has 0 spiro atoms. The van der Waals surface area contributed by atoms with Crippen molar-refractivity contribution in [1.82, 2.24) is 4.98 Å². The minimum Gasteiger partial charge on any atom is -0.437 e. The minimum atomic E-state index is 0.418. The molecule has 82 valence electrons. The zero-order valence-corrected chi connectivity index (χ0v) is 9.53. The monoisotopic (exact) mass is 234 g/mol. The average Bonchev–Trinajstić information content (AvgIpc) is 2.24. The molecular formula is C12H11ClN2O. The van der Waals surface area contributed by atoms with Crippen molar-refractivity contribution in [3.63, 3.8) is 0 Å². The van der Waals surface area contributed by atoms with E-state index in [0.29, 0.717) is 22.5 Å². The predicted octanol–water partition coefficient (Wildman–Crippen LogP) is 3.42. The summed E-state index contributed by atoms with van der Waals surface area (Å²) in [7, 11) is 0. The van der Waals surface area contributed by atoms with E-state index in [9.17, 15) is 0 Å². The Morgan fingerprint density at radius 3 is 2.81 bits per heavy atom. The lowest BCUT2D eigenvalue weighted by atomic mass is 10.2. The fraction of sp³-hybridized carbons (Fsp3) is 0.0833. The highest BCUT2D eigenvalue weighted by molar-refractivity contribution is 6.32. The Kier molecular flexibility index (Phi) is 2.97. The highest BCUT2D eigenvalue weighted by Crippen LogP contribution is 2.29. The van der Waals surface area contributed by atoms with E-state index in [0.717, 1.165) is 5.56 Å². The first-order chi connectivity index (χ1) is 7.65. The average molecular weight is 235 g/mol. The van der Waals surface area contributed by atoms with Crippen LogP contribution in [0, 0.1) is 6.92 Å². The van der Waals surface area contributed by atoms with E-state index in [-0.39, 0.29) is 0 Å². The molecule has 0 amide bonds. The van der Waals surface area contributed by atoms with Crippen LogP contribution in [0.15, 0.2) is 36.4 Å². The van der Waals surface area contributed by atoms with Crippen LogP contribution in [0.3, 0.4) is 0 Å². The number of nitrogens with zero attached hydrogens (tertiary/aromatic N) is 1. The van der Waals surface area contributed by atoms with Gasteiger partial charge in [-0.15, -0.1) is 0 Å². The first-order valence-corrected chi connectivity index (χ1v) is 5.19. The summed E-state index contributed by atoms with van der Waals surface area (Å²) in [6.07, 6.45) is 0. The van der Waals surface area contributed by atoms with E-state index in [1.165, 1.54) is 0 Å². The molecule has 2 N–H and O–H groups in total. The molecule has 0 bridgehead atoms. The molecule has 0 aliphatic heterocycles. The van der Waals surface area contributed by atoms with Gasteiger partial charge in [-0.2, -0.15) is 4.98 Å². The lowest BCUT2D eigenvalue weighted by Gasteiger charge is -2.07. The third-order valence-electron chi connectivity index (χ3n) is 2.05. The van der Waals surface area contributed by atoms with Gasteiger partial charge in [0.25, 0.3) is 0 Å². The molecule has 3 nitrogen and oxygen atoms in total. The Morgan fingerprint density at radius 1 is 1.25 bits per heavy atom.